The summed E-state index contributed by atoms with van der Waals surface area (Å²) in [6, 6.07) is 5.94. The standard InChI is InChI=1S/C10H12N4/c1-8-3-2-4-9(13-8)7-14-6-5-12-10(14)11/h2-6H,7H2,1H3,(H2,11,12). The van der Waals surface area contributed by atoms with Crippen molar-refractivity contribution in [2.75, 3.05) is 5.73 Å². The molecule has 2 aromatic rings. The maximum Gasteiger partial charge on any atom is 0.200 e. The molecule has 0 atom stereocenters. The number of pyridine rings is 1. The highest BCUT2D eigenvalue weighted by Gasteiger charge is 1.99. The van der Waals surface area contributed by atoms with Gasteiger partial charge in [0.1, 0.15) is 0 Å². The number of nitrogens with two attached hydrogens (primary N) is 1. The largest absolute Gasteiger partial charge is 0.369 e. The minimum absolute atomic E-state index is 0.522. The van der Waals surface area contributed by atoms with Gasteiger partial charge < -0.3 is 10.3 Å². The molecule has 0 spiro atoms. The van der Waals surface area contributed by atoms with E-state index in [0.717, 1.165) is 11.4 Å². The lowest BCUT2D eigenvalue weighted by atomic mass is 10.3. The van der Waals surface area contributed by atoms with Gasteiger partial charge in [0.25, 0.3) is 0 Å². The summed E-state index contributed by atoms with van der Waals surface area (Å²) in [5.41, 5.74) is 7.66. The number of anilines is 1. The Labute approximate surface area is 82.4 Å². The van der Waals surface area contributed by atoms with Gasteiger partial charge in [-0.05, 0) is 19.1 Å². The van der Waals surface area contributed by atoms with Crippen LogP contribution in [0.1, 0.15) is 11.4 Å². The molecule has 4 nitrogen and oxygen atoms in total. The maximum absolute atomic E-state index is 5.65. The molecule has 0 aliphatic carbocycles. The van der Waals surface area contributed by atoms with E-state index in [-0.39, 0.29) is 0 Å². The summed E-state index contributed by atoms with van der Waals surface area (Å²) in [5, 5.41) is 0. The highest BCUT2D eigenvalue weighted by Crippen LogP contribution is 2.04. The molecule has 2 N–H and O–H groups in total. The summed E-state index contributed by atoms with van der Waals surface area (Å²) >= 11 is 0. The van der Waals surface area contributed by atoms with Crippen molar-refractivity contribution in [1.29, 1.82) is 0 Å². The van der Waals surface area contributed by atoms with Gasteiger partial charge in [-0.25, -0.2) is 4.98 Å². The summed E-state index contributed by atoms with van der Waals surface area (Å²) < 4.78 is 1.86. The molecule has 0 bridgehead atoms. The van der Waals surface area contributed by atoms with E-state index in [1.807, 2.05) is 35.9 Å². The van der Waals surface area contributed by atoms with Crippen molar-refractivity contribution >= 4 is 5.95 Å². The topological polar surface area (TPSA) is 56.7 Å². The Kier molecular flexibility index (Phi) is 2.18. The van der Waals surface area contributed by atoms with Crippen molar-refractivity contribution in [3.63, 3.8) is 0 Å². The van der Waals surface area contributed by atoms with E-state index in [2.05, 4.69) is 9.97 Å². The Bertz CT molecular complexity index is 433. The van der Waals surface area contributed by atoms with Crippen molar-refractivity contribution in [2.45, 2.75) is 13.5 Å². The molecule has 2 heterocycles. The molecule has 14 heavy (non-hydrogen) atoms. The maximum atomic E-state index is 5.65. The van der Waals surface area contributed by atoms with E-state index in [1.54, 1.807) is 6.20 Å². The Morgan fingerprint density at radius 2 is 2.29 bits per heavy atom. The summed E-state index contributed by atoms with van der Waals surface area (Å²) in [5.74, 6) is 0.522. The molecule has 72 valence electrons. The molecule has 0 aliphatic heterocycles. The lowest BCUT2D eigenvalue weighted by Gasteiger charge is -2.04. The van der Waals surface area contributed by atoms with Crippen LogP contribution in [0.25, 0.3) is 0 Å². The fourth-order valence-corrected chi connectivity index (χ4v) is 1.34. The van der Waals surface area contributed by atoms with Crippen LogP contribution in [0.2, 0.25) is 0 Å². The fraction of sp³-hybridized carbons (Fsp3) is 0.200. The SMILES string of the molecule is Cc1cccc(Cn2ccnc2N)n1. The van der Waals surface area contributed by atoms with E-state index in [4.69, 9.17) is 5.73 Å². The van der Waals surface area contributed by atoms with Gasteiger partial charge in [-0.2, -0.15) is 0 Å². The average molecular weight is 188 g/mol. The van der Waals surface area contributed by atoms with Gasteiger partial charge in [0.2, 0.25) is 0 Å². The average Bonchev–Trinajstić information content (AvgIpc) is 2.52. The smallest absolute Gasteiger partial charge is 0.200 e. The molecule has 0 amide bonds. The zero-order chi connectivity index (χ0) is 9.97. The van der Waals surface area contributed by atoms with Gasteiger partial charge in [-0.3, -0.25) is 4.98 Å². The fourth-order valence-electron chi connectivity index (χ4n) is 1.34. The Morgan fingerprint density at radius 3 is 2.93 bits per heavy atom. The van der Waals surface area contributed by atoms with E-state index < -0.39 is 0 Å². The van der Waals surface area contributed by atoms with Crippen LogP contribution in [0.5, 0.6) is 0 Å². The van der Waals surface area contributed by atoms with Gasteiger partial charge in [0, 0.05) is 18.1 Å². The van der Waals surface area contributed by atoms with Crippen LogP contribution in [-0.2, 0) is 6.54 Å². The van der Waals surface area contributed by atoms with E-state index in [9.17, 15) is 0 Å². The molecule has 2 rings (SSSR count). The van der Waals surface area contributed by atoms with Crippen LogP contribution in [0.3, 0.4) is 0 Å². The molecule has 0 fully saturated rings. The number of nitrogens with zero attached hydrogens (tertiary/aromatic N) is 3. The number of hydrogen-bond donors (Lipinski definition) is 1. The van der Waals surface area contributed by atoms with Crippen LogP contribution in [0.4, 0.5) is 5.95 Å². The molecule has 0 unspecified atom stereocenters. The Hall–Kier alpha value is -1.84. The van der Waals surface area contributed by atoms with Crippen molar-refractivity contribution in [3.05, 3.63) is 42.0 Å². The van der Waals surface area contributed by atoms with Gasteiger partial charge in [0.05, 0.1) is 12.2 Å². The third-order valence-electron chi connectivity index (χ3n) is 2.03. The normalized spacial score (nSPS) is 10.4. The zero-order valence-electron chi connectivity index (χ0n) is 8.01. The quantitative estimate of drug-likeness (QED) is 0.770. The Balaban J connectivity index is 2.23. The summed E-state index contributed by atoms with van der Waals surface area (Å²) in [6.07, 6.45) is 3.53. The van der Waals surface area contributed by atoms with Gasteiger partial charge in [-0.15, -0.1) is 0 Å². The zero-order valence-corrected chi connectivity index (χ0v) is 8.01. The summed E-state index contributed by atoms with van der Waals surface area (Å²) in [7, 11) is 0. The van der Waals surface area contributed by atoms with Crippen molar-refractivity contribution in [2.24, 2.45) is 0 Å². The number of aromatic nitrogens is 3. The molecule has 0 aromatic carbocycles. The van der Waals surface area contributed by atoms with Crippen LogP contribution in [0, 0.1) is 6.92 Å². The summed E-state index contributed by atoms with van der Waals surface area (Å²) in [4.78, 5) is 8.33. The predicted octanol–water partition coefficient (Wildman–Crippen LogP) is 1.22. The Morgan fingerprint density at radius 1 is 1.43 bits per heavy atom. The van der Waals surface area contributed by atoms with Gasteiger partial charge in [-0.1, -0.05) is 6.07 Å². The first-order valence-corrected chi connectivity index (χ1v) is 4.45. The van der Waals surface area contributed by atoms with Crippen LogP contribution < -0.4 is 5.73 Å². The van der Waals surface area contributed by atoms with Crippen molar-refractivity contribution in [1.82, 2.24) is 14.5 Å². The molecule has 0 aliphatic rings. The predicted molar refractivity (Wildman–Crippen MR) is 54.7 cm³/mol. The lowest BCUT2D eigenvalue weighted by molar-refractivity contribution is 0.781. The number of rotatable bonds is 2. The van der Waals surface area contributed by atoms with E-state index in [0.29, 0.717) is 12.5 Å². The first kappa shape index (κ1) is 8.74. The third kappa shape index (κ3) is 1.74. The third-order valence-corrected chi connectivity index (χ3v) is 2.03. The monoisotopic (exact) mass is 188 g/mol. The molecular weight excluding hydrogens is 176 g/mol. The first-order valence-electron chi connectivity index (χ1n) is 4.45. The minimum atomic E-state index is 0.522. The second-order valence-corrected chi connectivity index (χ2v) is 3.18. The molecular formula is C10H12N4. The number of aryl methyl sites for hydroxylation is 1. The summed E-state index contributed by atoms with van der Waals surface area (Å²) in [6.45, 7) is 2.65. The number of imidazole rings is 1. The first-order chi connectivity index (χ1) is 6.75. The number of hydrogen-bond acceptors (Lipinski definition) is 3. The molecule has 2 aromatic heterocycles. The van der Waals surface area contributed by atoms with Gasteiger partial charge in [0.15, 0.2) is 5.95 Å². The van der Waals surface area contributed by atoms with Crippen LogP contribution >= 0.6 is 0 Å². The van der Waals surface area contributed by atoms with Crippen molar-refractivity contribution in [3.8, 4) is 0 Å². The highest BCUT2D eigenvalue weighted by molar-refractivity contribution is 5.19. The van der Waals surface area contributed by atoms with Crippen LogP contribution in [-0.4, -0.2) is 14.5 Å². The number of nitrogen functional groups attached to an aromatic ring is 1. The van der Waals surface area contributed by atoms with E-state index in [1.165, 1.54) is 0 Å². The van der Waals surface area contributed by atoms with E-state index >= 15 is 0 Å². The molecule has 0 radical (unpaired) electrons. The molecule has 4 heteroatoms. The highest BCUT2D eigenvalue weighted by atomic mass is 15.1. The lowest BCUT2D eigenvalue weighted by Crippen LogP contribution is -2.05. The second kappa shape index (κ2) is 3.49. The molecule has 0 saturated carbocycles. The van der Waals surface area contributed by atoms with Gasteiger partial charge >= 0.3 is 0 Å². The van der Waals surface area contributed by atoms with Crippen molar-refractivity contribution < 1.29 is 0 Å². The molecule has 0 saturated heterocycles. The minimum Gasteiger partial charge on any atom is -0.369 e. The second-order valence-electron chi connectivity index (χ2n) is 3.18. The van der Waals surface area contributed by atoms with Crippen LogP contribution in [0.15, 0.2) is 30.6 Å².